The molecule has 0 amide bonds. The molecule has 0 saturated carbocycles. The molecule has 15 heavy (non-hydrogen) atoms. The van der Waals surface area contributed by atoms with Crippen LogP contribution in [-0.4, -0.2) is 11.1 Å². The van der Waals surface area contributed by atoms with Gasteiger partial charge in [-0.3, -0.25) is 0 Å². The molecule has 0 aliphatic rings. The van der Waals surface area contributed by atoms with Crippen molar-refractivity contribution < 1.29 is 9.90 Å². The van der Waals surface area contributed by atoms with Crippen LogP contribution in [0.2, 0.25) is 0 Å². The number of hydrogen-bond donors (Lipinski definition) is 1. The number of carboxylic acid groups (broad SMARTS) is 1. The lowest BCUT2D eigenvalue weighted by molar-refractivity contribution is 0.0701. The number of rotatable bonds is 2. The summed E-state index contributed by atoms with van der Waals surface area (Å²) in [5.41, 5.74) is 2.12. The molecule has 3 heteroatoms. The van der Waals surface area contributed by atoms with Crippen LogP contribution in [0.25, 0.3) is 10.1 Å². The number of fused-ring (bicyclic) bond motifs is 1. The van der Waals surface area contributed by atoms with E-state index in [1.54, 1.807) is 0 Å². The maximum atomic E-state index is 11.1. The van der Waals surface area contributed by atoms with E-state index in [1.807, 2.05) is 32.0 Å². The van der Waals surface area contributed by atoms with Gasteiger partial charge in [0.1, 0.15) is 4.88 Å². The Kier molecular flexibility index (Phi) is 2.49. The monoisotopic (exact) mass is 220 g/mol. The standard InChI is InChI=1S/C12H12O2S/c1-3-8-9-6-4-5-7(2)10(9)15-11(8)12(13)14/h4-6H,3H2,1-2H3,(H,13,14). The fourth-order valence-electron chi connectivity index (χ4n) is 1.84. The summed E-state index contributed by atoms with van der Waals surface area (Å²) in [4.78, 5) is 11.6. The van der Waals surface area contributed by atoms with Gasteiger partial charge in [0, 0.05) is 4.70 Å². The number of aryl methyl sites for hydroxylation is 2. The third kappa shape index (κ3) is 1.53. The Morgan fingerprint density at radius 1 is 1.47 bits per heavy atom. The second kappa shape index (κ2) is 3.66. The highest BCUT2D eigenvalue weighted by Crippen LogP contribution is 2.33. The molecule has 1 aromatic heterocycles. The molecule has 0 atom stereocenters. The third-order valence-corrected chi connectivity index (χ3v) is 3.93. The van der Waals surface area contributed by atoms with E-state index in [0.29, 0.717) is 4.88 Å². The summed E-state index contributed by atoms with van der Waals surface area (Å²) in [6.45, 7) is 4.01. The minimum Gasteiger partial charge on any atom is -0.477 e. The summed E-state index contributed by atoms with van der Waals surface area (Å²) in [5.74, 6) is -0.813. The topological polar surface area (TPSA) is 37.3 Å². The van der Waals surface area contributed by atoms with E-state index in [-0.39, 0.29) is 0 Å². The van der Waals surface area contributed by atoms with Gasteiger partial charge in [0.15, 0.2) is 0 Å². The highest BCUT2D eigenvalue weighted by Gasteiger charge is 2.16. The lowest BCUT2D eigenvalue weighted by atomic mass is 10.1. The molecule has 0 unspecified atom stereocenters. The van der Waals surface area contributed by atoms with E-state index >= 15 is 0 Å². The van der Waals surface area contributed by atoms with Crippen LogP contribution in [0.4, 0.5) is 0 Å². The highest BCUT2D eigenvalue weighted by molar-refractivity contribution is 7.21. The summed E-state index contributed by atoms with van der Waals surface area (Å²) in [6.07, 6.45) is 0.769. The predicted molar refractivity (Wildman–Crippen MR) is 62.9 cm³/mol. The SMILES string of the molecule is CCc1c(C(=O)O)sc2c(C)cccc12. The molecule has 0 aliphatic heterocycles. The van der Waals surface area contributed by atoms with Crippen LogP contribution in [0.5, 0.6) is 0 Å². The van der Waals surface area contributed by atoms with Crippen LogP contribution < -0.4 is 0 Å². The molecule has 2 aromatic rings. The molecule has 2 nitrogen and oxygen atoms in total. The van der Waals surface area contributed by atoms with Crippen LogP contribution in [0, 0.1) is 6.92 Å². The predicted octanol–water partition coefficient (Wildman–Crippen LogP) is 3.47. The van der Waals surface area contributed by atoms with Crippen LogP contribution in [-0.2, 0) is 6.42 Å². The molecule has 78 valence electrons. The van der Waals surface area contributed by atoms with Gasteiger partial charge in [-0.1, -0.05) is 25.1 Å². The van der Waals surface area contributed by atoms with Crippen molar-refractivity contribution in [2.24, 2.45) is 0 Å². The first-order valence-corrected chi connectivity index (χ1v) is 5.71. The molecule has 0 aliphatic carbocycles. The summed E-state index contributed by atoms with van der Waals surface area (Å²) in [6, 6.07) is 6.00. The Balaban J connectivity index is 2.84. The van der Waals surface area contributed by atoms with Crippen molar-refractivity contribution in [3.8, 4) is 0 Å². The van der Waals surface area contributed by atoms with E-state index in [0.717, 1.165) is 27.6 Å². The number of benzene rings is 1. The molecule has 0 radical (unpaired) electrons. The quantitative estimate of drug-likeness (QED) is 0.841. The number of aromatic carboxylic acids is 1. The fraction of sp³-hybridized carbons (Fsp3) is 0.250. The molecule has 2 rings (SSSR count). The first-order chi connectivity index (χ1) is 7.15. The first-order valence-electron chi connectivity index (χ1n) is 4.89. The Morgan fingerprint density at radius 2 is 2.20 bits per heavy atom. The second-order valence-corrected chi connectivity index (χ2v) is 4.54. The minimum absolute atomic E-state index is 0.488. The van der Waals surface area contributed by atoms with Gasteiger partial charge in [0.2, 0.25) is 0 Å². The largest absolute Gasteiger partial charge is 0.477 e. The van der Waals surface area contributed by atoms with E-state index in [1.165, 1.54) is 11.3 Å². The van der Waals surface area contributed by atoms with Crippen molar-refractivity contribution in [3.63, 3.8) is 0 Å². The van der Waals surface area contributed by atoms with Crippen molar-refractivity contribution in [2.75, 3.05) is 0 Å². The van der Waals surface area contributed by atoms with Crippen molar-refractivity contribution in [1.82, 2.24) is 0 Å². The van der Waals surface area contributed by atoms with Gasteiger partial charge >= 0.3 is 5.97 Å². The van der Waals surface area contributed by atoms with Gasteiger partial charge in [0.25, 0.3) is 0 Å². The van der Waals surface area contributed by atoms with E-state index in [2.05, 4.69) is 0 Å². The number of carboxylic acids is 1. The van der Waals surface area contributed by atoms with E-state index in [9.17, 15) is 4.79 Å². The summed E-state index contributed by atoms with van der Waals surface area (Å²) in [7, 11) is 0. The normalized spacial score (nSPS) is 10.8. The summed E-state index contributed by atoms with van der Waals surface area (Å²) in [5, 5.41) is 10.2. The van der Waals surface area contributed by atoms with Gasteiger partial charge in [-0.05, 0) is 29.9 Å². The molecule has 0 bridgehead atoms. The molecular formula is C12H12O2S. The van der Waals surface area contributed by atoms with E-state index < -0.39 is 5.97 Å². The van der Waals surface area contributed by atoms with Crippen molar-refractivity contribution in [3.05, 3.63) is 34.2 Å². The number of thiophene rings is 1. The average molecular weight is 220 g/mol. The average Bonchev–Trinajstić information content (AvgIpc) is 2.57. The lowest BCUT2D eigenvalue weighted by Gasteiger charge is -1.97. The van der Waals surface area contributed by atoms with Crippen molar-refractivity contribution in [2.45, 2.75) is 20.3 Å². The minimum atomic E-state index is -0.813. The zero-order chi connectivity index (χ0) is 11.0. The zero-order valence-corrected chi connectivity index (χ0v) is 9.52. The molecule has 1 aromatic carbocycles. The fourth-order valence-corrected chi connectivity index (χ4v) is 3.03. The maximum absolute atomic E-state index is 11.1. The maximum Gasteiger partial charge on any atom is 0.346 e. The molecule has 0 saturated heterocycles. The Hall–Kier alpha value is -1.35. The van der Waals surface area contributed by atoms with Gasteiger partial charge < -0.3 is 5.11 Å². The third-order valence-electron chi connectivity index (χ3n) is 2.56. The Labute approximate surface area is 92.2 Å². The summed E-state index contributed by atoms with van der Waals surface area (Å²) >= 11 is 1.38. The first kappa shape index (κ1) is 10.2. The van der Waals surface area contributed by atoms with Crippen LogP contribution in [0.1, 0.15) is 27.7 Å². The van der Waals surface area contributed by atoms with Gasteiger partial charge in [-0.2, -0.15) is 0 Å². The second-order valence-electron chi connectivity index (χ2n) is 3.52. The van der Waals surface area contributed by atoms with Crippen molar-refractivity contribution in [1.29, 1.82) is 0 Å². The van der Waals surface area contributed by atoms with Gasteiger partial charge in [-0.25, -0.2) is 4.79 Å². The lowest BCUT2D eigenvalue weighted by Crippen LogP contribution is -1.96. The highest BCUT2D eigenvalue weighted by atomic mass is 32.1. The van der Waals surface area contributed by atoms with Gasteiger partial charge in [-0.15, -0.1) is 11.3 Å². The Bertz CT molecular complexity index is 526. The van der Waals surface area contributed by atoms with E-state index in [4.69, 9.17) is 5.11 Å². The molecule has 0 fully saturated rings. The molecule has 1 N–H and O–H groups in total. The zero-order valence-electron chi connectivity index (χ0n) is 8.70. The Morgan fingerprint density at radius 3 is 2.80 bits per heavy atom. The molecule has 0 spiro atoms. The summed E-state index contributed by atoms with van der Waals surface area (Å²) < 4.78 is 1.10. The number of carbonyl (C=O) groups is 1. The molecule has 1 heterocycles. The van der Waals surface area contributed by atoms with Crippen LogP contribution >= 0.6 is 11.3 Å². The van der Waals surface area contributed by atoms with Crippen molar-refractivity contribution >= 4 is 27.4 Å². The smallest absolute Gasteiger partial charge is 0.346 e. The van der Waals surface area contributed by atoms with Gasteiger partial charge in [0.05, 0.1) is 0 Å². The van der Waals surface area contributed by atoms with Crippen LogP contribution in [0.15, 0.2) is 18.2 Å². The number of hydrogen-bond acceptors (Lipinski definition) is 2. The van der Waals surface area contributed by atoms with Crippen LogP contribution in [0.3, 0.4) is 0 Å². The molecular weight excluding hydrogens is 208 g/mol.